The van der Waals surface area contributed by atoms with E-state index in [4.69, 9.17) is 9.47 Å². The van der Waals surface area contributed by atoms with E-state index in [2.05, 4.69) is 0 Å². The fourth-order valence-electron chi connectivity index (χ4n) is 3.24. The Bertz CT molecular complexity index is 388. The van der Waals surface area contributed by atoms with Crippen LogP contribution in [0.4, 0.5) is 0 Å². The van der Waals surface area contributed by atoms with Gasteiger partial charge in [0.1, 0.15) is 6.29 Å². The van der Waals surface area contributed by atoms with Crippen LogP contribution in [0.25, 0.3) is 0 Å². The van der Waals surface area contributed by atoms with Crippen molar-refractivity contribution in [1.82, 2.24) is 0 Å². The highest BCUT2D eigenvalue weighted by Gasteiger charge is 2.38. The van der Waals surface area contributed by atoms with E-state index >= 15 is 0 Å². The van der Waals surface area contributed by atoms with E-state index in [1.54, 1.807) is 6.92 Å². The summed E-state index contributed by atoms with van der Waals surface area (Å²) in [5.74, 6) is -0.932. The summed E-state index contributed by atoms with van der Waals surface area (Å²) in [6.45, 7) is 11.1. The maximum Gasteiger partial charge on any atom is 0.159 e. The Morgan fingerprint density at radius 3 is 2.17 bits per heavy atom. The standard InChI is InChI=1S/C18H34O6/c1-9(2)16(20)11(4)17(21)10(3)12(5)23-15-7-14(8-19)18(22)13(6)24-15/h8-18,20-22H,7H2,1-6H3/t10?,11?,12?,13?,14?,15?,16?,17?,18-/m0/s1. The van der Waals surface area contributed by atoms with Gasteiger partial charge in [-0.2, -0.15) is 0 Å². The fraction of sp³-hybridized carbons (Fsp3) is 0.944. The predicted molar refractivity (Wildman–Crippen MR) is 90.2 cm³/mol. The number of aliphatic hydroxyl groups is 3. The second-order valence-corrected chi connectivity index (χ2v) is 7.58. The molecule has 142 valence electrons. The third kappa shape index (κ3) is 5.23. The molecule has 3 N–H and O–H groups in total. The van der Waals surface area contributed by atoms with Gasteiger partial charge in [-0.3, -0.25) is 0 Å². The molecule has 0 saturated carbocycles. The van der Waals surface area contributed by atoms with Crippen LogP contribution in [-0.4, -0.2) is 58.4 Å². The van der Waals surface area contributed by atoms with Gasteiger partial charge in [-0.15, -0.1) is 0 Å². The molecule has 0 aromatic heterocycles. The van der Waals surface area contributed by atoms with Crippen LogP contribution in [0.3, 0.4) is 0 Å². The average molecular weight is 346 g/mol. The van der Waals surface area contributed by atoms with Crippen LogP contribution >= 0.6 is 0 Å². The van der Waals surface area contributed by atoms with Crippen LogP contribution in [0.15, 0.2) is 0 Å². The molecule has 0 spiro atoms. The van der Waals surface area contributed by atoms with Crippen molar-refractivity contribution in [1.29, 1.82) is 0 Å². The van der Waals surface area contributed by atoms with Crippen LogP contribution in [-0.2, 0) is 14.3 Å². The Kier molecular flexibility index (Phi) is 8.29. The molecule has 9 atom stereocenters. The van der Waals surface area contributed by atoms with Gasteiger partial charge in [0.15, 0.2) is 6.29 Å². The number of carbonyl (C=O) groups is 1. The highest BCUT2D eigenvalue weighted by atomic mass is 16.7. The molecule has 0 aromatic carbocycles. The largest absolute Gasteiger partial charge is 0.392 e. The van der Waals surface area contributed by atoms with Gasteiger partial charge in [-0.25, -0.2) is 0 Å². The van der Waals surface area contributed by atoms with E-state index in [9.17, 15) is 20.1 Å². The lowest BCUT2D eigenvalue weighted by molar-refractivity contribution is -0.253. The Labute approximate surface area is 145 Å². The van der Waals surface area contributed by atoms with Crippen LogP contribution in [0.5, 0.6) is 0 Å². The molecule has 1 rings (SSSR count). The minimum atomic E-state index is -0.818. The molecule has 0 radical (unpaired) electrons. The van der Waals surface area contributed by atoms with E-state index < -0.39 is 36.6 Å². The van der Waals surface area contributed by atoms with Crippen LogP contribution in [0.2, 0.25) is 0 Å². The quantitative estimate of drug-likeness (QED) is 0.574. The van der Waals surface area contributed by atoms with Crippen LogP contribution in [0, 0.1) is 23.7 Å². The third-order valence-electron chi connectivity index (χ3n) is 5.33. The number of aliphatic hydroxyl groups excluding tert-OH is 3. The first-order valence-electron chi connectivity index (χ1n) is 8.90. The van der Waals surface area contributed by atoms with Gasteiger partial charge in [-0.1, -0.05) is 27.7 Å². The van der Waals surface area contributed by atoms with Crippen molar-refractivity contribution >= 4 is 6.29 Å². The maximum absolute atomic E-state index is 11.1. The zero-order valence-electron chi connectivity index (χ0n) is 15.6. The second-order valence-electron chi connectivity index (χ2n) is 7.58. The Morgan fingerprint density at radius 2 is 1.67 bits per heavy atom. The molecule has 0 aliphatic carbocycles. The molecule has 6 heteroatoms. The van der Waals surface area contributed by atoms with E-state index in [0.717, 1.165) is 6.29 Å². The zero-order valence-corrected chi connectivity index (χ0v) is 15.6. The van der Waals surface area contributed by atoms with E-state index in [1.807, 2.05) is 34.6 Å². The average Bonchev–Trinajstić information content (AvgIpc) is 2.54. The van der Waals surface area contributed by atoms with Gasteiger partial charge in [-0.05, 0) is 19.8 Å². The lowest BCUT2D eigenvalue weighted by Gasteiger charge is -2.39. The Hall–Kier alpha value is -0.530. The van der Waals surface area contributed by atoms with Gasteiger partial charge in [0.05, 0.1) is 30.5 Å². The highest BCUT2D eigenvalue weighted by molar-refractivity contribution is 5.54. The number of hydrogen-bond acceptors (Lipinski definition) is 6. The number of aldehydes is 1. The first kappa shape index (κ1) is 21.5. The third-order valence-corrected chi connectivity index (χ3v) is 5.33. The smallest absolute Gasteiger partial charge is 0.159 e. The van der Waals surface area contributed by atoms with E-state index in [-0.39, 0.29) is 23.9 Å². The zero-order chi connectivity index (χ0) is 18.6. The summed E-state index contributed by atoms with van der Waals surface area (Å²) < 4.78 is 11.5. The van der Waals surface area contributed by atoms with Gasteiger partial charge >= 0.3 is 0 Å². The second kappa shape index (κ2) is 9.25. The van der Waals surface area contributed by atoms with Gasteiger partial charge < -0.3 is 29.6 Å². The van der Waals surface area contributed by atoms with Gasteiger partial charge in [0, 0.05) is 24.2 Å². The maximum atomic E-state index is 11.1. The van der Waals surface area contributed by atoms with Crippen molar-refractivity contribution in [2.45, 2.75) is 84.8 Å². The topological polar surface area (TPSA) is 96.2 Å². The lowest BCUT2D eigenvalue weighted by atomic mass is 9.83. The summed E-state index contributed by atoms with van der Waals surface area (Å²) in [5.41, 5.74) is 0. The van der Waals surface area contributed by atoms with E-state index in [0.29, 0.717) is 6.42 Å². The number of rotatable bonds is 8. The molecule has 8 unspecified atom stereocenters. The van der Waals surface area contributed by atoms with Crippen molar-refractivity contribution in [2.75, 3.05) is 0 Å². The van der Waals surface area contributed by atoms with Crippen molar-refractivity contribution in [3.05, 3.63) is 0 Å². The monoisotopic (exact) mass is 346 g/mol. The van der Waals surface area contributed by atoms with Crippen LogP contribution in [0.1, 0.15) is 48.0 Å². The first-order chi connectivity index (χ1) is 11.1. The fourth-order valence-corrected chi connectivity index (χ4v) is 3.24. The molecule has 1 saturated heterocycles. The highest BCUT2D eigenvalue weighted by Crippen LogP contribution is 2.29. The van der Waals surface area contributed by atoms with Crippen molar-refractivity contribution in [3.63, 3.8) is 0 Å². The van der Waals surface area contributed by atoms with Gasteiger partial charge in [0.2, 0.25) is 0 Å². The molecule has 1 fully saturated rings. The SMILES string of the molecule is CC(C)C(O)C(C)C(O)C(C)C(C)OC1CC(C=O)[C@@H](O)C(C)O1. The molecular formula is C18H34O6. The minimum Gasteiger partial charge on any atom is -0.392 e. The summed E-state index contributed by atoms with van der Waals surface area (Å²) in [6.07, 6.45) is -2.47. The molecule has 0 bridgehead atoms. The summed E-state index contributed by atoms with van der Waals surface area (Å²) in [7, 11) is 0. The molecule has 0 amide bonds. The Balaban J connectivity index is 2.63. The van der Waals surface area contributed by atoms with E-state index in [1.165, 1.54) is 0 Å². The van der Waals surface area contributed by atoms with Crippen molar-refractivity contribution in [3.8, 4) is 0 Å². The predicted octanol–water partition coefficient (Wildman–Crippen LogP) is 1.35. The Morgan fingerprint density at radius 1 is 1.08 bits per heavy atom. The molecule has 6 nitrogen and oxygen atoms in total. The molecule has 1 aliphatic heterocycles. The molecular weight excluding hydrogens is 312 g/mol. The number of hydrogen-bond donors (Lipinski definition) is 3. The molecule has 1 heterocycles. The lowest BCUT2D eigenvalue weighted by Crippen LogP contribution is -2.47. The number of carbonyl (C=O) groups excluding carboxylic acids is 1. The number of ether oxygens (including phenoxy) is 2. The summed E-state index contributed by atoms with van der Waals surface area (Å²) in [5, 5.41) is 30.6. The molecule has 24 heavy (non-hydrogen) atoms. The molecule has 1 aliphatic rings. The van der Waals surface area contributed by atoms with Crippen molar-refractivity contribution in [2.24, 2.45) is 23.7 Å². The summed E-state index contributed by atoms with van der Waals surface area (Å²) in [6, 6.07) is 0. The summed E-state index contributed by atoms with van der Waals surface area (Å²) >= 11 is 0. The van der Waals surface area contributed by atoms with Crippen LogP contribution < -0.4 is 0 Å². The van der Waals surface area contributed by atoms with Crippen molar-refractivity contribution < 1.29 is 29.6 Å². The summed E-state index contributed by atoms with van der Waals surface area (Å²) in [4.78, 5) is 11.1. The van der Waals surface area contributed by atoms with Gasteiger partial charge in [0.25, 0.3) is 0 Å². The first-order valence-corrected chi connectivity index (χ1v) is 8.90. The minimum absolute atomic E-state index is 0.0652. The normalized spacial score (nSPS) is 34.4. The molecule has 0 aromatic rings.